The molecule has 26 heavy (non-hydrogen) atoms. The number of carbonyl (C=O) groups excluding carboxylic acids is 2. The highest BCUT2D eigenvalue weighted by Gasteiger charge is 2.05. The van der Waals surface area contributed by atoms with Crippen molar-refractivity contribution < 1.29 is 18.7 Å². The second-order valence-corrected chi connectivity index (χ2v) is 6.19. The number of carbonyl (C=O) groups is 2. The van der Waals surface area contributed by atoms with Crippen molar-refractivity contribution >= 4 is 41.1 Å². The zero-order valence-electron chi connectivity index (χ0n) is 14.1. The van der Waals surface area contributed by atoms with Crippen LogP contribution in [0, 0.1) is 6.92 Å². The third kappa shape index (κ3) is 6.82. The van der Waals surface area contributed by atoms with Crippen LogP contribution in [0.15, 0.2) is 40.8 Å². The summed E-state index contributed by atoms with van der Waals surface area (Å²) < 4.78 is 10.8. The van der Waals surface area contributed by atoms with E-state index in [-0.39, 0.29) is 12.3 Å². The lowest BCUT2D eigenvalue weighted by Gasteiger charge is -2.08. The molecule has 0 saturated carbocycles. The highest BCUT2D eigenvalue weighted by atomic mass is 35.5. The van der Waals surface area contributed by atoms with Gasteiger partial charge < -0.3 is 9.15 Å². The maximum Gasteiger partial charge on any atom is 0.262 e. The molecular formula is C18H18Cl2N2O4. The summed E-state index contributed by atoms with van der Waals surface area (Å²) in [6.45, 7) is 2.11. The van der Waals surface area contributed by atoms with E-state index in [0.29, 0.717) is 34.6 Å². The molecular weight excluding hydrogens is 379 g/mol. The Morgan fingerprint density at radius 3 is 2.69 bits per heavy atom. The van der Waals surface area contributed by atoms with Crippen LogP contribution in [-0.4, -0.2) is 18.4 Å². The summed E-state index contributed by atoms with van der Waals surface area (Å²) >= 11 is 11.8. The van der Waals surface area contributed by atoms with Gasteiger partial charge in [-0.2, -0.15) is 0 Å². The Labute approximate surface area is 161 Å². The largest absolute Gasteiger partial charge is 0.492 e. The number of nitrogens with one attached hydrogen (secondary N) is 2. The molecule has 0 aliphatic heterocycles. The topological polar surface area (TPSA) is 80.6 Å². The van der Waals surface area contributed by atoms with Gasteiger partial charge in [0.05, 0.1) is 11.6 Å². The van der Waals surface area contributed by atoms with Crippen molar-refractivity contribution in [2.75, 3.05) is 6.61 Å². The number of benzene rings is 1. The number of ether oxygens (including phenoxy) is 1. The van der Waals surface area contributed by atoms with Crippen LogP contribution in [0.1, 0.15) is 24.4 Å². The first-order valence-corrected chi connectivity index (χ1v) is 8.61. The quantitative estimate of drug-likeness (QED) is 0.422. The third-order valence-corrected chi connectivity index (χ3v) is 3.72. The lowest BCUT2D eigenvalue weighted by Crippen LogP contribution is -2.40. The molecule has 2 rings (SSSR count). The molecule has 0 unspecified atom stereocenters. The van der Waals surface area contributed by atoms with Gasteiger partial charge in [0, 0.05) is 17.5 Å². The average molecular weight is 397 g/mol. The molecule has 6 nitrogen and oxygen atoms in total. The van der Waals surface area contributed by atoms with Gasteiger partial charge in [-0.3, -0.25) is 20.4 Å². The molecule has 2 amide bonds. The van der Waals surface area contributed by atoms with Crippen molar-refractivity contribution in [2.24, 2.45) is 0 Å². The number of furan rings is 1. The Bertz CT molecular complexity index is 802. The van der Waals surface area contributed by atoms with Gasteiger partial charge in [0.1, 0.15) is 17.3 Å². The highest BCUT2D eigenvalue weighted by molar-refractivity contribution is 6.35. The molecule has 0 saturated heterocycles. The molecule has 0 aliphatic carbocycles. The molecule has 2 N–H and O–H groups in total. The molecule has 0 radical (unpaired) electrons. The third-order valence-electron chi connectivity index (χ3n) is 3.18. The number of hydrogen-bond acceptors (Lipinski definition) is 4. The smallest absolute Gasteiger partial charge is 0.262 e. The van der Waals surface area contributed by atoms with Gasteiger partial charge >= 0.3 is 0 Å². The summed E-state index contributed by atoms with van der Waals surface area (Å²) in [6.07, 6.45) is 3.43. The second-order valence-electron chi connectivity index (χ2n) is 5.35. The number of aryl methyl sites for hydroxylation is 1. The van der Waals surface area contributed by atoms with Crippen molar-refractivity contribution in [2.45, 2.75) is 19.8 Å². The van der Waals surface area contributed by atoms with Gasteiger partial charge in [0.15, 0.2) is 0 Å². The van der Waals surface area contributed by atoms with Crippen LogP contribution in [0.25, 0.3) is 6.08 Å². The Balaban J connectivity index is 1.62. The van der Waals surface area contributed by atoms with Crippen molar-refractivity contribution in [1.29, 1.82) is 0 Å². The molecule has 2 aromatic rings. The van der Waals surface area contributed by atoms with Gasteiger partial charge in [0.2, 0.25) is 5.91 Å². The number of hydrazine groups is 1. The van der Waals surface area contributed by atoms with Crippen LogP contribution < -0.4 is 15.6 Å². The van der Waals surface area contributed by atoms with Crippen molar-refractivity contribution in [1.82, 2.24) is 10.9 Å². The van der Waals surface area contributed by atoms with Crippen molar-refractivity contribution in [3.05, 3.63) is 58.0 Å². The summed E-state index contributed by atoms with van der Waals surface area (Å²) in [7, 11) is 0. The standard InChI is InChI=1S/C18H18Cl2N2O4/c1-12-4-6-14(26-12)7-9-18(24)22-21-17(23)3-2-10-25-16-8-5-13(19)11-15(16)20/h4-9,11H,2-3,10H2,1H3,(H,21,23)(H,22,24)/b9-7+. The van der Waals surface area contributed by atoms with Gasteiger partial charge in [0.25, 0.3) is 5.91 Å². The fraction of sp³-hybridized carbons (Fsp3) is 0.222. The predicted octanol–water partition coefficient (Wildman–Crippen LogP) is 3.91. The van der Waals surface area contributed by atoms with Gasteiger partial charge in [-0.25, -0.2) is 0 Å². The minimum atomic E-state index is -0.461. The van der Waals surface area contributed by atoms with E-state index in [4.69, 9.17) is 32.4 Å². The van der Waals surface area contributed by atoms with Crippen LogP contribution >= 0.6 is 23.2 Å². The molecule has 0 aliphatic rings. The molecule has 0 atom stereocenters. The average Bonchev–Trinajstić information content (AvgIpc) is 3.02. The van der Waals surface area contributed by atoms with Crippen molar-refractivity contribution in [3.63, 3.8) is 0 Å². The summed E-state index contributed by atoms with van der Waals surface area (Å²) in [6, 6.07) is 8.45. The Kier molecular flexibility index (Phi) is 7.56. The van der Waals surface area contributed by atoms with E-state index in [1.54, 1.807) is 30.3 Å². The van der Waals surface area contributed by atoms with Crippen molar-refractivity contribution in [3.8, 4) is 5.75 Å². The fourth-order valence-electron chi connectivity index (χ4n) is 1.94. The SMILES string of the molecule is Cc1ccc(/C=C/C(=O)NNC(=O)CCCOc2ccc(Cl)cc2Cl)o1. The van der Waals surface area contributed by atoms with Crippen LogP contribution in [0.3, 0.4) is 0 Å². The highest BCUT2D eigenvalue weighted by Crippen LogP contribution is 2.27. The summed E-state index contributed by atoms with van der Waals surface area (Å²) in [5.41, 5.74) is 4.61. The minimum absolute atomic E-state index is 0.187. The zero-order valence-corrected chi connectivity index (χ0v) is 15.6. The van der Waals surface area contributed by atoms with Crippen LogP contribution in [0.4, 0.5) is 0 Å². The molecule has 0 bridgehead atoms. The van der Waals surface area contributed by atoms with E-state index in [9.17, 15) is 9.59 Å². The fourth-order valence-corrected chi connectivity index (χ4v) is 2.41. The van der Waals surface area contributed by atoms with Gasteiger partial charge in [-0.15, -0.1) is 0 Å². The number of halogens is 2. The number of amides is 2. The molecule has 138 valence electrons. The van der Waals surface area contributed by atoms with Crippen LogP contribution in [0.2, 0.25) is 10.0 Å². The van der Waals surface area contributed by atoms with E-state index < -0.39 is 5.91 Å². The minimum Gasteiger partial charge on any atom is -0.492 e. The molecule has 1 aromatic carbocycles. The molecule has 1 heterocycles. The molecule has 0 fully saturated rings. The number of rotatable bonds is 7. The van der Waals surface area contributed by atoms with E-state index >= 15 is 0 Å². The molecule has 8 heteroatoms. The van der Waals surface area contributed by atoms with Crippen LogP contribution in [0.5, 0.6) is 5.75 Å². The van der Waals surface area contributed by atoms with E-state index in [2.05, 4.69) is 10.9 Å². The van der Waals surface area contributed by atoms with E-state index in [1.165, 1.54) is 12.2 Å². The molecule has 1 aromatic heterocycles. The normalized spacial score (nSPS) is 10.7. The predicted molar refractivity (Wildman–Crippen MR) is 100.0 cm³/mol. The van der Waals surface area contributed by atoms with Gasteiger partial charge in [-0.1, -0.05) is 23.2 Å². The summed E-state index contributed by atoms with van der Waals surface area (Å²) in [4.78, 5) is 23.3. The van der Waals surface area contributed by atoms with E-state index in [0.717, 1.165) is 5.76 Å². The molecule has 0 spiro atoms. The summed E-state index contributed by atoms with van der Waals surface area (Å²) in [5.74, 6) is 1.02. The van der Waals surface area contributed by atoms with Crippen LogP contribution in [-0.2, 0) is 9.59 Å². The zero-order chi connectivity index (χ0) is 18.9. The Morgan fingerprint density at radius 1 is 1.19 bits per heavy atom. The first kappa shape index (κ1) is 19.9. The second kappa shape index (κ2) is 9.89. The summed E-state index contributed by atoms with van der Waals surface area (Å²) in [5, 5.41) is 0.932. The lowest BCUT2D eigenvalue weighted by atomic mass is 10.3. The lowest BCUT2D eigenvalue weighted by molar-refractivity contribution is -0.126. The maximum atomic E-state index is 11.7. The first-order valence-electron chi connectivity index (χ1n) is 7.85. The first-order chi connectivity index (χ1) is 12.4. The van der Waals surface area contributed by atoms with Gasteiger partial charge in [-0.05, 0) is 49.8 Å². The Hall–Kier alpha value is -2.44. The Morgan fingerprint density at radius 2 is 2.00 bits per heavy atom. The van der Waals surface area contributed by atoms with E-state index in [1.807, 2.05) is 6.92 Å². The monoisotopic (exact) mass is 396 g/mol. The number of hydrogen-bond donors (Lipinski definition) is 2. The maximum absolute atomic E-state index is 11.7.